The molecule has 0 aliphatic heterocycles. The molecule has 1 atom stereocenters. The Morgan fingerprint density at radius 1 is 1.10 bits per heavy atom. The van der Waals surface area contributed by atoms with Crippen LogP contribution in [0.1, 0.15) is 37.8 Å². The summed E-state index contributed by atoms with van der Waals surface area (Å²) < 4.78 is 13.8. The smallest absolute Gasteiger partial charge is 0.242 e. The van der Waals surface area contributed by atoms with Crippen LogP contribution in [0.2, 0.25) is 0 Å². The summed E-state index contributed by atoms with van der Waals surface area (Å²) >= 11 is 1.37. The first-order valence-electron chi connectivity index (χ1n) is 10.4. The van der Waals surface area contributed by atoms with Crippen LogP contribution >= 0.6 is 11.8 Å². The Morgan fingerprint density at radius 3 is 2.50 bits per heavy atom. The summed E-state index contributed by atoms with van der Waals surface area (Å²) in [7, 11) is 0. The van der Waals surface area contributed by atoms with E-state index in [9.17, 15) is 14.0 Å². The van der Waals surface area contributed by atoms with E-state index in [0.717, 1.165) is 18.4 Å². The molecule has 2 aromatic carbocycles. The first-order valence-corrected chi connectivity index (χ1v) is 11.6. The van der Waals surface area contributed by atoms with Crippen molar-refractivity contribution in [2.45, 2.75) is 44.9 Å². The number of nitrogens with one attached hydrogen (secondary N) is 1. The molecule has 1 unspecified atom stereocenters. The Hall–Kier alpha value is -2.34. The van der Waals surface area contributed by atoms with Crippen molar-refractivity contribution in [3.05, 3.63) is 71.5 Å². The SMILES string of the molecule is CCCCNC(=O)C(C)N(CCc1ccccc1)C(=O)CSCc1ccccc1F. The quantitative estimate of drug-likeness (QED) is 0.507. The van der Waals surface area contributed by atoms with Crippen molar-refractivity contribution in [3.63, 3.8) is 0 Å². The highest BCUT2D eigenvalue weighted by Gasteiger charge is 2.25. The molecule has 30 heavy (non-hydrogen) atoms. The van der Waals surface area contributed by atoms with Gasteiger partial charge in [-0.05, 0) is 37.0 Å². The zero-order valence-corrected chi connectivity index (χ0v) is 18.6. The van der Waals surface area contributed by atoms with Crippen LogP contribution in [0.5, 0.6) is 0 Å². The monoisotopic (exact) mass is 430 g/mol. The van der Waals surface area contributed by atoms with Gasteiger partial charge in [0, 0.05) is 18.8 Å². The molecular formula is C24H31FN2O2S. The molecule has 0 radical (unpaired) electrons. The van der Waals surface area contributed by atoms with Crippen LogP contribution in [0.15, 0.2) is 54.6 Å². The molecule has 0 aliphatic rings. The summed E-state index contributed by atoms with van der Waals surface area (Å²) in [5, 5.41) is 2.92. The fourth-order valence-electron chi connectivity index (χ4n) is 3.05. The lowest BCUT2D eigenvalue weighted by atomic mass is 10.1. The third-order valence-corrected chi connectivity index (χ3v) is 5.89. The molecule has 2 amide bonds. The van der Waals surface area contributed by atoms with Gasteiger partial charge in [-0.1, -0.05) is 61.9 Å². The number of carbonyl (C=O) groups excluding carboxylic acids is 2. The molecule has 0 aliphatic carbocycles. The number of nitrogens with zero attached hydrogens (tertiary/aromatic N) is 1. The van der Waals surface area contributed by atoms with Crippen molar-refractivity contribution in [2.75, 3.05) is 18.8 Å². The van der Waals surface area contributed by atoms with Gasteiger partial charge in [0.2, 0.25) is 11.8 Å². The molecule has 162 valence electrons. The molecule has 0 heterocycles. The average Bonchev–Trinajstić information content (AvgIpc) is 2.76. The Morgan fingerprint density at radius 2 is 1.80 bits per heavy atom. The molecule has 0 bridgehead atoms. The van der Waals surface area contributed by atoms with E-state index < -0.39 is 6.04 Å². The van der Waals surface area contributed by atoms with Gasteiger partial charge in [0.05, 0.1) is 5.75 Å². The molecule has 0 saturated carbocycles. The van der Waals surface area contributed by atoms with E-state index in [4.69, 9.17) is 0 Å². The van der Waals surface area contributed by atoms with Crippen LogP contribution in [0.4, 0.5) is 4.39 Å². The molecule has 6 heteroatoms. The van der Waals surface area contributed by atoms with Gasteiger partial charge in [-0.15, -0.1) is 11.8 Å². The van der Waals surface area contributed by atoms with Gasteiger partial charge in [-0.25, -0.2) is 4.39 Å². The second-order valence-electron chi connectivity index (χ2n) is 7.23. The molecule has 0 fully saturated rings. The van der Waals surface area contributed by atoms with Crippen molar-refractivity contribution < 1.29 is 14.0 Å². The van der Waals surface area contributed by atoms with E-state index in [1.807, 2.05) is 30.3 Å². The lowest BCUT2D eigenvalue weighted by Crippen LogP contribution is -2.49. The molecule has 0 spiro atoms. The average molecular weight is 431 g/mol. The van der Waals surface area contributed by atoms with Gasteiger partial charge in [0.15, 0.2) is 0 Å². The number of thioether (sulfide) groups is 1. The number of hydrogen-bond acceptors (Lipinski definition) is 3. The van der Waals surface area contributed by atoms with Gasteiger partial charge in [-0.2, -0.15) is 0 Å². The number of carbonyl (C=O) groups is 2. The molecule has 0 saturated heterocycles. The topological polar surface area (TPSA) is 49.4 Å². The van der Waals surface area contributed by atoms with Crippen molar-refractivity contribution in [2.24, 2.45) is 0 Å². The van der Waals surface area contributed by atoms with Crippen LogP contribution in [-0.4, -0.2) is 41.6 Å². The van der Waals surface area contributed by atoms with E-state index in [1.54, 1.807) is 30.0 Å². The predicted molar refractivity (Wildman–Crippen MR) is 122 cm³/mol. The van der Waals surface area contributed by atoms with Crippen molar-refractivity contribution in [3.8, 4) is 0 Å². The van der Waals surface area contributed by atoms with Crippen LogP contribution in [0.3, 0.4) is 0 Å². The Bertz CT molecular complexity index is 801. The Kier molecular flexibility index (Phi) is 10.4. The zero-order valence-electron chi connectivity index (χ0n) is 17.8. The molecule has 1 N–H and O–H groups in total. The lowest BCUT2D eigenvalue weighted by Gasteiger charge is -2.28. The number of benzene rings is 2. The summed E-state index contributed by atoms with van der Waals surface area (Å²) in [6.45, 7) is 4.91. The summed E-state index contributed by atoms with van der Waals surface area (Å²) in [6, 6.07) is 16.0. The van der Waals surface area contributed by atoms with Crippen LogP contribution in [0.25, 0.3) is 0 Å². The van der Waals surface area contributed by atoms with Crippen LogP contribution in [-0.2, 0) is 21.8 Å². The number of hydrogen-bond donors (Lipinski definition) is 1. The van der Waals surface area contributed by atoms with E-state index in [1.165, 1.54) is 17.8 Å². The van der Waals surface area contributed by atoms with Gasteiger partial charge in [0.1, 0.15) is 11.9 Å². The fraction of sp³-hybridized carbons (Fsp3) is 0.417. The third-order valence-electron chi connectivity index (χ3n) is 4.92. The summed E-state index contributed by atoms with van der Waals surface area (Å²) in [6.07, 6.45) is 2.59. The second-order valence-corrected chi connectivity index (χ2v) is 8.21. The minimum atomic E-state index is -0.549. The number of rotatable bonds is 12. The Balaban J connectivity index is 1.98. The number of amides is 2. The van der Waals surface area contributed by atoms with E-state index in [-0.39, 0.29) is 23.4 Å². The van der Waals surface area contributed by atoms with Gasteiger partial charge in [0.25, 0.3) is 0 Å². The van der Waals surface area contributed by atoms with Crippen LogP contribution in [0, 0.1) is 5.82 Å². The van der Waals surface area contributed by atoms with Crippen molar-refractivity contribution >= 4 is 23.6 Å². The van der Waals surface area contributed by atoms with E-state index >= 15 is 0 Å². The maximum Gasteiger partial charge on any atom is 0.242 e. The minimum Gasteiger partial charge on any atom is -0.354 e. The normalized spacial score (nSPS) is 11.7. The molecular weight excluding hydrogens is 399 g/mol. The third kappa shape index (κ3) is 7.82. The predicted octanol–water partition coefficient (Wildman–Crippen LogP) is 4.44. The highest BCUT2D eigenvalue weighted by Crippen LogP contribution is 2.17. The fourth-order valence-corrected chi connectivity index (χ4v) is 3.95. The second kappa shape index (κ2) is 13.1. The Labute approximate surface area is 183 Å². The maximum absolute atomic E-state index is 13.8. The molecule has 4 nitrogen and oxygen atoms in total. The lowest BCUT2D eigenvalue weighted by molar-refractivity contribution is -0.137. The van der Waals surface area contributed by atoms with Gasteiger partial charge < -0.3 is 10.2 Å². The zero-order chi connectivity index (χ0) is 21.8. The molecule has 2 rings (SSSR count). The van der Waals surface area contributed by atoms with Crippen LogP contribution < -0.4 is 5.32 Å². The minimum absolute atomic E-state index is 0.106. The van der Waals surface area contributed by atoms with Crippen molar-refractivity contribution in [1.29, 1.82) is 0 Å². The summed E-state index contributed by atoms with van der Waals surface area (Å²) in [5.74, 6) is 0.119. The first kappa shape index (κ1) is 23.9. The summed E-state index contributed by atoms with van der Waals surface area (Å²) in [4.78, 5) is 27.1. The standard InChI is InChI=1S/C24H31FN2O2S/c1-3-4-15-26-24(29)19(2)27(16-14-20-10-6-5-7-11-20)23(28)18-30-17-21-12-8-9-13-22(21)25/h5-13,19H,3-4,14-18H2,1-2H3,(H,26,29). The number of unbranched alkanes of at least 4 members (excludes halogenated alkanes) is 1. The van der Waals surface area contributed by atoms with E-state index in [2.05, 4.69) is 12.2 Å². The van der Waals surface area contributed by atoms with Gasteiger partial charge >= 0.3 is 0 Å². The van der Waals surface area contributed by atoms with E-state index in [0.29, 0.717) is 30.8 Å². The molecule has 0 aromatic heterocycles. The van der Waals surface area contributed by atoms with Crippen molar-refractivity contribution in [1.82, 2.24) is 10.2 Å². The highest BCUT2D eigenvalue weighted by atomic mass is 32.2. The first-order chi connectivity index (χ1) is 14.5. The summed E-state index contributed by atoms with van der Waals surface area (Å²) in [5.41, 5.74) is 1.70. The largest absolute Gasteiger partial charge is 0.354 e. The maximum atomic E-state index is 13.8. The highest BCUT2D eigenvalue weighted by molar-refractivity contribution is 7.99. The number of halogens is 1. The molecule has 2 aromatic rings. The van der Waals surface area contributed by atoms with Gasteiger partial charge in [-0.3, -0.25) is 9.59 Å².